The van der Waals surface area contributed by atoms with Crippen molar-refractivity contribution in [3.05, 3.63) is 65.2 Å². The van der Waals surface area contributed by atoms with E-state index in [1.165, 1.54) is 49.3 Å². The second-order valence-electron chi connectivity index (χ2n) is 7.01. The Bertz CT molecular complexity index is 788. The summed E-state index contributed by atoms with van der Waals surface area (Å²) in [6.07, 6.45) is 9.09. The zero-order valence-corrected chi connectivity index (χ0v) is 15.3. The van der Waals surface area contributed by atoms with Crippen molar-refractivity contribution in [3.63, 3.8) is 0 Å². The molecular weight excluding hydrogens is 332 g/mol. The van der Waals surface area contributed by atoms with Gasteiger partial charge in [0.25, 0.3) is 10.1 Å². The van der Waals surface area contributed by atoms with Crippen LogP contribution in [0.15, 0.2) is 53.4 Å². The lowest BCUT2D eigenvalue weighted by Gasteiger charge is -2.22. The number of benzene rings is 2. The summed E-state index contributed by atoms with van der Waals surface area (Å²) in [5.41, 5.74) is 3.42. The summed E-state index contributed by atoms with van der Waals surface area (Å²) in [6.45, 7) is 0. The van der Waals surface area contributed by atoms with Crippen molar-refractivity contribution in [1.82, 2.24) is 0 Å². The molecule has 0 radical (unpaired) electrons. The Hall–Kier alpha value is -1.65. The summed E-state index contributed by atoms with van der Waals surface area (Å²) in [4.78, 5) is 0.0302. The van der Waals surface area contributed by atoms with Gasteiger partial charge in [0.2, 0.25) is 0 Å². The lowest BCUT2D eigenvalue weighted by molar-refractivity contribution is 0.443. The Morgan fingerprint density at radius 1 is 0.880 bits per heavy atom. The topological polar surface area (TPSA) is 54.4 Å². The highest BCUT2D eigenvalue weighted by Crippen LogP contribution is 2.32. The predicted octanol–water partition coefficient (Wildman–Crippen LogP) is 5.16. The van der Waals surface area contributed by atoms with Gasteiger partial charge in [0.1, 0.15) is 0 Å². The molecule has 25 heavy (non-hydrogen) atoms. The molecule has 134 valence electrons. The SMILES string of the molecule is O=S(=O)(O)c1ccccc1CCCc1ccc(C2CCCCC2)cc1. The Labute approximate surface area is 150 Å². The van der Waals surface area contributed by atoms with Crippen LogP contribution in [0.4, 0.5) is 0 Å². The van der Waals surface area contributed by atoms with Crippen LogP contribution in [0.1, 0.15) is 61.1 Å². The second-order valence-corrected chi connectivity index (χ2v) is 8.40. The van der Waals surface area contributed by atoms with E-state index in [9.17, 15) is 13.0 Å². The van der Waals surface area contributed by atoms with Gasteiger partial charge >= 0.3 is 0 Å². The molecule has 1 aliphatic rings. The van der Waals surface area contributed by atoms with Crippen LogP contribution in [0, 0.1) is 0 Å². The number of hydrogen-bond acceptors (Lipinski definition) is 2. The normalized spacial score (nSPS) is 16.0. The third kappa shape index (κ3) is 4.93. The molecule has 1 aliphatic carbocycles. The van der Waals surface area contributed by atoms with Crippen LogP contribution in [-0.2, 0) is 23.0 Å². The zero-order chi connectivity index (χ0) is 17.7. The minimum absolute atomic E-state index is 0.0302. The van der Waals surface area contributed by atoms with Crippen LogP contribution >= 0.6 is 0 Å². The van der Waals surface area contributed by atoms with E-state index < -0.39 is 10.1 Å². The van der Waals surface area contributed by atoms with Crippen LogP contribution in [-0.4, -0.2) is 13.0 Å². The fraction of sp³-hybridized carbons (Fsp3) is 0.429. The van der Waals surface area contributed by atoms with Gasteiger partial charge in [-0.3, -0.25) is 4.55 Å². The molecule has 0 heterocycles. The summed E-state index contributed by atoms with van der Waals surface area (Å²) >= 11 is 0. The van der Waals surface area contributed by atoms with Gasteiger partial charge in [-0.1, -0.05) is 61.7 Å². The largest absolute Gasteiger partial charge is 0.294 e. The minimum atomic E-state index is -4.15. The molecule has 0 saturated heterocycles. The molecule has 0 spiro atoms. The second kappa shape index (κ2) is 8.15. The maximum atomic E-state index is 11.4. The van der Waals surface area contributed by atoms with E-state index in [1.807, 2.05) is 6.07 Å². The van der Waals surface area contributed by atoms with Crippen molar-refractivity contribution in [2.75, 3.05) is 0 Å². The molecule has 0 unspecified atom stereocenters. The summed E-state index contributed by atoms with van der Waals surface area (Å²) in [7, 11) is -4.15. The average molecular weight is 359 g/mol. The van der Waals surface area contributed by atoms with Crippen LogP contribution < -0.4 is 0 Å². The molecule has 4 heteroatoms. The molecule has 2 aromatic carbocycles. The summed E-state index contributed by atoms with van der Waals surface area (Å²) < 4.78 is 32.2. The third-order valence-electron chi connectivity index (χ3n) is 5.22. The fourth-order valence-corrected chi connectivity index (χ4v) is 4.59. The van der Waals surface area contributed by atoms with Crippen LogP contribution in [0.25, 0.3) is 0 Å². The van der Waals surface area contributed by atoms with Crippen molar-refractivity contribution >= 4 is 10.1 Å². The predicted molar refractivity (Wildman–Crippen MR) is 101 cm³/mol. The maximum absolute atomic E-state index is 11.4. The number of rotatable bonds is 6. The quantitative estimate of drug-likeness (QED) is 0.726. The molecule has 1 fully saturated rings. The molecule has 3 rings (SSSR count). The first-order valence-corrected chi connectivity index (χ1v) is 10.6. The van der Waals surface area contributed by atoms with E-state index in [0.29, 0.717) is 12.0 Å². The van der Waals surface area contributed by atoms with Gasteiger partial charge < -0.3 is 0 Å². The minimum Gasteiger partial charge on any atom is -0.282 e. The Morgan fingerprint density at radius 2 is 1.56 bits per heavy atom. The Balaban J connectivity index is 1.58. The molecule has 0 amide bonds. The fourth-order valence-electron chi connectivity index (χ4n) is 3.84. The van der Waals surface area contributed by atoms with Gasteiger partial charge in [-0.2, -0.15) is 8.42 Å². The lowest BCUT2D eigenvalue weighted by Crippen LogP contribution is -2.04. The highest BCUT2D eigenvalue weighted by Gasteiger charge is 2.16. The molecule has 0 atom stereocenters. The van der Waals surface area contributed by atoms with Crippen LogP contribution in [0.3, 0.4) is 0 Å². The standard InChI is InChI=1S/C21H26O3S/c22-25(23,24)21-12-5-4-10-20(21)11-6-7-17-13-15-19(16-14-17)18-8-2-1-3-9-18/h4-5,10,12-16,18H,1-3,6-9,11H2,(H,22,23,24). The average Bonchev–Trinajstić information content (AvgIpc) is 2.63. The molecule has 1 saturated carbocycles. The highest BCUT2D eigenvalue weighted by molar-refractivity contribution is 7.85. The first kappa shape index (κ1) is 18.2. The lowest BCUT2D eigenvalue weighted by atomic mass is 9.84. The molecular formula is C21H26O3S. The van der Waals surface area contributed by atoms with Crippen molar-refractivity contribution in [3.8, 4) is 0 Å². The molecule has 0 aromatic heterocycles. The summed E-state index contributed by atoms with van der Waals surface area (Å²) in [6, 6.07) is 15.6. The molecule has 0 aliphatic heterocycles. The van der Waals surface area contributed by atoms with Crippen molar-refractivity contribution in [1.29, 1.82) is 0 Å². The maximum Gasteiger partial charge on any atom is 0.294 e. The van der Waals surface area contributed by atoms with Gasteiger partial charge in [-0.15, -0.1) is 0 Å². The van der Waals surface area contributed by atoms with E-state index in [0.717, 1.165) is 18.8 Å². The first-order valence-electron chi connectivity index (χ1n) is 9.18. The van der Waals surface area contributed by atoms with E-state index in [4.69, 9.17) is 0 Å². The van der Waals surface area contributed by atoms with E-state index in [1.54, 1.807) is 12.1 Å². The summed E-state index contributed by atoms with van der Waals surface area (Å²) in [5, 5.41) is 0. The number of hydrogen-bond donors (Lipinski definition) is 1. The van der Waals surface area contributed by atoms with Gasteiger partial charge in [0, 0.05) is 0 Å². The van der Waals surface area contributed by atoms with E-state index in [2.05, 4.69) is 24.3 Å². The number of aryl methyl sites for hydroxylation is 2. The molecule has 3 nitrogen and oxygen atoms in total. The molecule has 2 aromatic rings. The molecule has 0 bridgehead atoms. The van der Waals surface area contributed by atoms with Gasteiger partial charge in [0.05, 0.1) is 4.90 Å². The van der Waals surface area contributed by atoms with Gasteiger partial charge in [0.15, 0.2) is 0 Å². The first-order chi connectivity index (χ1) is 12.0. The highest BCUT2D eigenvalue weighted by atomic mass is 32.2. The van der Waals surface area contributed by atoms with Crippen molar-refractivity contribution in [2.24, 2.45) is 0 Å². The van der Waals surface area contributed by atoms with Crippen LogP contribution in [0.2, 0.25) is 0 Å². The van der Waals surface area contributed by atoms with Crippen molar-refractivity contribution < 1.29 is 13.0 Å². The Morgan fingerprint density at radius 3 is 2.24 bits per heavy atom. The van der Waals surface area contributed by atoms with Crippen molar-refractivity contribution in [2.45, 2.75) is 62.2 Å². The van der Waals surface area contributed by atoms with E-state index in [-0.39, 0.29) is 4.90 Å². The molecule has 1 N–H and O–H groups in total. The monoisotopic (exact) mass is 358 g/mol. The zero-order valence-electron chi connectivity index (χ0n) is 14.5. The van der Waals surface area contributed by atoms with Crippen LogP contribution in [0.5, 0.6) is 0 Å². The smallest absolute Gasteiger partial charge is 0.282 e. The Kier molecular flexibility index (Phi) is 5.92. The van der Waals surface area contributed by atoms with Gasteiger partial charge in [-0.25, -0.2) is 0 Å². The third-order valence-corrected chi connectivity index (χ3v) is 6.17. The van der Waals surface area contributed by atoms with E-state index >= 15 is 0 Å². The summed E-state index contributed by atoms with van der Waals surface area (Å²) in [5.74, 6) is 0.726. The van der Waals surface area contributed by atoms with Gasteiger partial charge in [-0.05, 0) is 60.8 Å².